The van der Waals surface area contributed by atoms with E-state index in [0.29, 0.717) is 11.8 Å². The molecule has 2 aliphatic heterocycles. The lowest BCUT2D eigenvalue weighted by Gasteiger charge is -2.37. The molecule has 0 spiro atoms. The van der Waals surface area contributed by atoms with Crippen LogP contribution >= 0.6 is 0 Å². The van der Waals surface area contributed by atoms with E-state index >= 15 is 0 Å². The molecule has 3 aromatic rings. The van der Waals surface area contributed by atoms with Crippen LogP contribution in [0.25, 0.3) is 16.8 Å². The third-order valence-corrected chi connectivity index (χ3v) is 5.52. The Morgan fingerprint density at radius 3 is 2.72 bits per heavy atom. The topological polar surface area (TPSA) is 102 Å². The summed E-state index contributed by atoms with van der Waals surface area (Å²) in [6, 6.07) is 6.06. The third-order valence-electron chi connectivity index (χ3n) is 5.52. The average molecular weight is 395 g/mol. The number of carbonyl (C=O) groups is 1. The van der Waals surface area contributed by atoms with Gasteiger partial charge in [-0.1, -0.05) is 0 Å². The Hall–Kier alpha value is -3.00. The quantitative estimate of drug-likeness (QED) is 0.653. The van der Waals surface area contributed by atoms with Crippen LogP contribution in [0, 0.1) is 19.8 Å². The van der Waals surface area contributed by atoms with Crippen molar-refractivity contribution in [1.29, 1.82) is 0 Å². The molecule has 152 valence electrons. The summed E-state index contributed by atoms with van der Waals surface area (Å²) in [5, 5.41) is 15.4. The second kappa shape index (κ2) is 7.44. The van der Waals surface area contributed by atoms with Gasteiger partial charge in [-0.05, 0) is 56.0 Å². The predicted molar refractivity (Wildman–Crippen MR) is 109 cm³/mol. The summed E-state index contributed by atoms with van der Waals surface area (Å²) in [5.74, 6) is 0.926. The molecule has 2 atom stereocenters. The van der Waals surface area contributed by atoms with Crippen molar-refractivity contribution in [3.8, 4) is 11.1 Å². The maximum atomic E-state index is 12.7. The lowest BCUT2D eigenvalue weighted by atomic mass is 9.83. The fourth-order valence-electron chi connectivity index (χ4n) is 4.38. The highest BCUT2D eigenvalue weighted by molar-refractivity contribution is 5.67. The van der Waals surface area contributed by atoms with Gasteiger partial charge in [-0.2, -0.15) is 5.10 Å². The van der Waals surface area contributed by atoms with Crippen molar-refractivity contribution in [2.75, 3.05) is 13.1 Å². The molecule has 0 amide bonds. The van der Waals surface area contributed by atoms with E-state index in [9.17, 15) is 4.79 Å². The van der Waals surface area contributed by atoms with Gasteiger partial charge in [0.25, 0.3) is 11.5 Å². The lowest BCUT2D eigenvalue weighted by Crippen LogP contribution is -2.44. The van der Waals surface area contributed by atoms with Crippen LogP contribution in [0.1, 0.15) is 36.3 Å². The van der Waals surface area contributed by atoms with E-state index in [-0.39, 0.29) is 5.56 Å². The molecule has 0 aliphatic carbocycles. The molecule has 5 rings (SSSR count). The average Bonchev–Trinajstić information content (AvgIpc) is 3.03. The SMILES string of the molecule is CC(=O)O.Cc1nc2c(C)cc(-c3cc4n(c(=O)c3)C[C@@H]3CNC[C@H]4C3)cn2n1. The molecule has 5 heterocycles. The number of nitrogens with one attached hydrogen (secondary N) is 1. The summed E-state index contributed by atoms with van der Waals surface area (Å²) in [4.78, 5) is 26.2. The maximum absolute atomic E-state index is 12.7. The van der Waals surface area contributed by atoms with Crippen LogP contribution < -0.4 is 10.9 Å². The number of rotatable bonds is 1. The first-order chi connectivity index (χ1) is 13.8. The predicted octanol–water partition coefficient (Wildman–Crippen LogP) is 1.97. The van der Waals surface area contributed by atoms with Gasteiger partial charge in [-0.15, -0.1) is 0 Å². The van der Waals surface area contributed by atoms with Crippen LogP contribution in [0.4, 0.5) is 0 Å². The van der Waals surface area contributed by atoms with Crippen molar-refractivity contribution in [3.63, 3.8) is 0 Å². The van der Waals surface area contributed by atoms with Crippen LogP contribution in [-0.4, -0.2) is 43.3 Å². The zero-order valence-corrected chi connectivity index (χ0v) is 16.8. The molecule has 29 heavy (non-hydrogen) atoms. The zero-order valence-electron chi connectivity index (χ0n) is 16.8. The Labute approximate surface area is 168 Å². The van der Waals surface area contributed by atoms with Gasteiger partial charge in [0.05, 0.1) is 0 Å². The monoisotopic (exact) mass is 395 g/mol. The molecular weight excluding hydrogens is 370 g/mol. The van der Waals surface area contributed by atoms with Gasteiger partial charge in [-0.25, -0.2) is 9.50 Å². The number of aryl methyl sites for hydroxylation is 2. The number of hydrogen-bond donors (Lipinski definition) is 2. The number of aromatic nitrogens is 4. The van der Waals surface area contributed by atoms with Crippen molar-refractivity contribution in [3.05, 3.63) is 51.8 Å². The first-order valence-corrected chi connectivity index (χ1v) is 9.81. The van der Waals surface area contributed by atoms with Crippen LogP contribution in [0.15, 0.2) is 29.2 Å². The molecule has 1 saturated heterocycles. The van der Waals surface area contributed by atoms with E-state index in [2.05, 4.69) is 27.5 Å². The molecule has 8 heteroatoms. The summed E-state index contributed by atoms with van der Waals surface area (Å²) in [6.07, 6.45) is 3.15. The maximum Gasteiger partial charge on any atom is 0.300 e. The van der Waals surface area contributed by atoms with Gasteiger partial charge >= 0.3 is 0 Å². The highest BCUT2D eigenvalue weighted by Crippen LogP contribution is 2.34. The summed E-state index contributed by atoms with van der Waals surface area (Å²) < 4.78 is 3.80. The number of pyridine rings is 2. The Morgan fingerprint density at radius 2 is 1.97 bits per heavy atom. The summed E-state index contributed by atoms with van der Waals surface area (Å²) in [5.41, 5.74) is 5.19. The molecule has 8 nitrogen and oxygen atoms in total. The van der Waals surface area contributed by atoms with Crippen molar-refractivity contribution in [2.24, 2.45) is 5.92 Å². The standard InChI is InChI=1S/C19H21N5O.C2H4O2/c1-11-3-16(10-24-19(11)21-12(2)22-24)14-5-17-15-4-13(7-20-8-15)9-23(17)18(25)6-14;1-2(3)4/h3,5-6,10,13,15,20H,4,7-9H2,1-2H3;1H3,(H,3,4)/t13-,15+;/m0./s1. The normalized spacial score (nSPS) is 20.0. The Kier molecular flexibility index (Phi) is 4.96. The number of carboxylic acids is 1. The van der Waals surface area contributed by atoms with Crippen molar-refractivity contribution < 1.29 is 9.90 Å². The van der Waals surface area contributed by atoms with Crippen molar-refractivity contribution in [2.45, 2.75) is 39.7 Å². The molecule has 2 bridgehead atoms. The third kappa shape index (κ3) is 3.80. The lowest BCUT2D eigenvalue weighted by molar-refractivity contribution is -0.134. The number of nitrogens with zero attached hydrogens (tertiary/aromatic N) is 4. The van der Waals surface area contributed by atoms with Crippen molar-refractivity contribution in [1.82, 2.24) is 24.5 Å². The van der Waals surface area contributed by atoms with Crippen LogP contribution in [0.3, 0.4) is 0 Å². The van der Waals surface area contributed by atoms with Gasteiger partial charge in [-0.3, -0.25) is 9.59 Å². The zero-order chi connectivity index (χ0) is 20.7. The van der Waals surface area contributed by atoms with Crippen LogP contribution in [-0.2, 0) is 11.3 Å². The Morgan fingerprint density at radius 1 is 1.21 bits per heavy atom. The number of aliphatic carboxylic acids is 1. The van der Waals surface area contributed by atoms with E-state index in [1.54, 1.807) is 6.07 Å². The van der Waals surface area contributed by atoms with E-state index in [4.69, 9.17) is 9.90 Å². The minimum absolute atomic E-state index is 0.108. The van der Waals surface area contributed by atoms with Gasteiger partial charge in [0.15, 0.2) is 5.65 Å². The fourth-order valence-corrected chi connectivity index (χ4v) is 4.38. The molecule has 0 unspecified atom stereocenters. The van der Waals surface area contributed by atoms with Gasteiger partial charge in [0, 0.05) is 49.5 Å². The molecule has 3 aromatic heterocycles. The largest absolute Gasteiger partial charge is 0.481 e. The number of hydrogen-bond acceptors (Lipinski definition) is 5. The fraction of sp³-hybridized carbons (Fsp3) is 0.429. The number of fused-ring (bicyclic) bond motifs is 5. The van der Waals surface area contributed by atoms with Crippen LogP contribution in [0.2, 0.25) is 0 Å². The summed E-state index contributed by atoms with van der Waals surface area (Å²) in [7, 11) is 0. The molecule has 0 radical (unpaired) electrons. The van der Waals surface area contributed by atoms with E-state index in [0.717, 1.165) is 54.7 Å². The van der Waals surface area contributed by atoms with E-state index in [1.165, 1.54) is 12.1 Å². The summed E-state index contributed by atoms with van der Waals surface area (Å²) >= 11 is 0. The Balaban J connectivity index is 0.000000472. The van der Waals surface area contributed by atoms with E-state index in [1.807, 2.05) is 29.1 Å². The number of piperidine rings is 1. The molecule has 0 saturated carbocycles. The van der Waals surface area contributed by atoms with Crippen LogP contribution in [0.5, 0.6) is 0 Å². The molecular formula is C21H25N5O3. The minimum Gasteiger partial charge on any atom is -0.481 e. The molecule has 2 N–H and O–H groups in total. The highest BCUT2D eigenvalue weighted by atomic mass is 16.4. The van der Waals surface area contributed by atoms with Gasteiger partial charge in [0.2, 0.25) is 0 Å². The Bertz CT molecular complexity index is 1140. The second-order valence-electron chi connectivity index (χ2n) is 7.93. The molecule has 2 aliphatic rings. The highest BCUT2D eigenvalue weighted by Gasteiger charge is 2.31. The van der Waals surface area contributed by atoms with Gasteiger partial charge in [0.1, 0.15) is 5.82 Å². The second-order valence-corrected chi connectivity index (χ2v) is 7.93. The first-order valence-electron chi connectivity index (χ1n) is 9.81. The van der Waals surface area contributed by atoms with Crippen molar-refractivity contribution >= 4 is 11.6 Å². The first kappa shape index (κ1) is 19.3. The van der Waals surface area contributed by atoms with E-state index < -0.39 is 5.97 Å². The van der Waals surface area contributed by atoms with Gasteiger partial charge < -0.3 is 15.0 Å². The number of carboxylic acid groups (broad SMARTS) is 1. The molecule has 0 aromatic carbocycles. The minimum atomic E-state index is -0.833. The molecule has 1 fully saturated rings. The smallest absolute Gasteiger partial charge is 0.300 e. The summed E-state index contributed by atoms with van der Waals surface area (Å²) in [6.45, 7) is 7.82.